The number of aromatic nitrogens is 1. The van der Waals surface area contributed by atoms with Gasteiger partial charge in [-0.25, -0.2) is 4.98 Å². The number of para-hydroxylation sites is 1. The molecule has 0 N–H and O–H groups in total. The number of carbonyl (C=O) groups excluding carboxylic acids is 1. The highest BCUT2D eigenvalue weighted by atomic mass is 32.2. The van der Waals surface area contributed by atoms with Crippen molar-refractivity contribution >= 4 is 44.4 Å². The van der Waals surface area contributed by atoms with Crippen LogP contribution < -0.4 is 4.90 Å². The number of furan rings is 1. The van der Waals surface area contributed by atoms with Crippen LogP contribution in [0.1, 0.15) is 16.1 Å². The number of benzene rings is 3. The van der Waals surface area contributed by atoms with E-state index in [-0.39, 0.29) is 5.91 Å². The van der Waals surface area contributed by atoms with E-state index in [4.69, 9.17) is 9.40 Å². The molecule has 0 fully saturated rings. The summed E-state index contributed by atoms with van der Waals surface area (Å²) in [6.07, 6.45) is 3.66. The van der Waals surface area contributed by atoms with E-state index in [0.717, 1.165) is 26.2 Å². The second kappa shape index (κ2) is 9.02. The monoisotopic (exact) mass is 456 g/mol. The highest BCUT2D eigenvalue weighted by molar-refractivity contribution is 7.98. The zero-order valence-corrected chi connectivity index (χ0v) is 19.0. The summed E-state index contributed by atoms with van der Waals surface area (Å²) in [5, 5.41) is 0.662. The van der Waals surface area contributed by atoms with Gasteiger partial charge in [0.1, 0.15) is 5.76 Å². The Morgan fingerprint density at radius 1 is 0.938 bits per heavy atom. The molecular weight excluding hydrogens is 436 g/mol. The van der Waals surface area contributed by atoms with Crippen LogP contribution >= 0.6 is 23.1 Å². The van der Waals surface area contributed by atoms with Gasteiger partial charge in [-0.15, -0.1) is 11.8 Å². The summed E-state index contributed by atoms with van der Waals surface area (Å²) >= 11 is 3.17. The van der Waals surface area contributed by atoms with Crippen molar-refractivity contribution in [2.24, 2.45) is 0 Å². The molecule has 3 aromatic carbocycles. The number of anilines is 1. The van der Waals surface area contributed by atoms with Gasteiger partial charge in [0, 0.05) is 10.5 Å². The summed E-state index contributed by atoms with van der Waals surface area (Å²) < 4.78 is 6.61. The Morgan fingerprint density at radius 3 is 2.44 bits per heavy atom. The molecule has 5 rings (SSSR count). The third kappa shape index (κ3) is 4.07. The van der Waals surface area contributed by atoms with Crippen LogP contribution in [0, 0.1) is 0 Å². The minimum absolute atomic E-state index is 0.106. The van der Waals surface area contributed by atoms with Gasteiger partial charge in [-0.3, -0.25) is 9.69 Å². The van der Waals surface area contributed by atoms with E-state index in [9.17, 15) is 4.79 Å². The number of thioether (sulfide) groups is 1. The van der Waals surface area contributed by atoms with Crippen molar-refractivity contribution in [3.63, 3.8) is 0 Å². The molecule has 0 aliphatic carbocycles. The maximum Gasteiger partial charge on any atom is 0.260 e. The van der Waals surface area contributed by atoms with Crippen molar-refractivity contribution in [1.29, 1.82) is 0 Å². The van der Waals surface area contributed by atoms with Crippen LogP contribution in [0.15, 0.2) is 101 Å². The SMILES string of the molecule is CSc1cccc2sc(N(Cc3ccco3)C(=O)c3ccc(-c4ccccc4)cc3)nc12. The Hall–Kier alpha value is -3.35. The number of rotatable bonds is 6. The maximum atomic E-state index is 13.6. The summed E-state index contributed by atoms with van der Waals surface area (Å²) in [6.45, 7) is 0.320. The number of carbonyl (C=O) groups is 1. The minimum atomic E-state index is -0.106. The van der Waals surface area contributed by atoms with Gasteiger partial charge in [-0.05, 0) is 53.8 Å². The summed E-state index contributed by atoms with van der Waals surface area (Å²) in [5.74, 6) is 0.606. The topological polar surface area (TPSA) is 46.3 Å². The first-order valence-electron chi connectivity index (χ1n) is 10.2. The Bertz CT molecular complexity index is 1340. The highest BCUT2D eigenvalue weighted by Gasteiger charge is 2.23. The first-order chi connectivity index (χ1) is 15.7. The van der Waals surface area contributed by atoms with E-state index in [2.05, 4.69) is 18.2 Å². The molecule has 2 aromatic heterocycles. The van der Waals surface area contributed by atoms with Gasteiger partial charge in [-0.2, -0.15) is 0 Å². The lowest BCUT2D eigenvalue weighted by molar-refractivity contribution is 0.0983. The Kier molecular flexibility index (Phi) is 5.79. The molecule has 1 amide bonds. The van der Waals surface area contributed by atoms with Crippen molar-refractivity contribution in [2.45, 2.75) is 11.4 Å². The van der Waals surface area contributed by atoms with Crippen LogP contribution in [0.3, 0.4) is 0 Å². The highest BCUT2D eigenvalue weighted by Crippen LogP contribution is 2.35. The van der Waals surface area contributed by atoms with Crippen LogP contribution in [0.5, 0.6) is 0 Å². The molecule has 0 unspecified atom stereocenters. The van der Waals surface area contributed by atoms with E-state index in [1.165, 1.54) is 11.3 Å². The lowest BCUT2D eigenvalue weighted by Crippen LogP contribution is -2.30. The first-order valence-corrected chi connectivity index (χ1v) is 12.2. The molecule has 0 radical (unpaired) electrons. The Labute approximate surface area is 194 Å². The molecule has 0 bridgehead atoms. The number of amides is 1. The largest absolute Gasteiger partial charge is 0.467 e. The smallest absolute Gasteiger partial charge is 0.260 e. The van der Waals surface area contributed by atoms with E-state index < -0.39 is 0 Å². The fourth-order valence-corrected chi connectivity index (χ4v) is 5.19. The number of nitrogens with zero attached hydrogens (tertiary/aromatic N) is 2. The van der Waals surface area contributed by atoms with Crippen LogP contribution in [-0.4, -0.2) is 17.1 Å². The van der Waals surface area contributed by atoms with Gasteiger partial charge in [0.15, 0.2) is 5.13 Å². The van der Waals surface area contributed by atoms with Crippen molar-refractivity contribution in [3.05, 3.63) is 103 Å². The van der Waals surface area contributed by atoms with Gasteiger partial charge in [0.2, 0.25) is 0 Å². The van der Waals surface area contributed by atoms with Gasteiger partial charge in [-0.1, -0.05) is 59.9 Å². The zero-order chi connectivity index (χ0) is 21.9. The van der Waals surface area contributed by atoms with Gasteiger partial charge < -0.3 is 4.42 Å². The van der Waals surface area contributed by atoms with Crippen LogP contribution in [-0.2, 0) is 6.54 Å². The fourth-order valence-electron chi connectivity index (χ4n) is 3.57. The molecule has 0 saturated heterocycles. The van der Waals surface area contributed by atoms with Crippen LogP contribution in [0.25, 0.3) is 21.3 Å². The quantitative estimate of drug-likeness (QED) is 0.255. The van der Waals surface area contributed by atoms with Crippen LogP contribution in [0.2, 0.25) is 0 Å². The predicted octanol–water partition coefficient (Wildman–Crippen LogP) is 7.13. The first kappa shape index (κ1) is 20.5. The van der Waals surface area contributed by atoms with Crippen LogP contribution in [0.4, 0.5) is 5.13 Å². The fraction of sp³-hybridized carbons (Fsp3) is 0.0769. The Balaban J connectivity index is 1.51. The van der Waals surface area contributed by atoms with E-state index in [1.807, 2.05) is 73.0 Å². The molecule has 158 valence electrons. The maximum absolute atomic E-state index is 13.6. The number of hydrogen-bond acceptors (Lipinski definition) is 5. The lowest BCUT2D eigenvalue weighted by atomic mass is 10.0. The molecule has 0 saturated carbocycles. The standard InChI is InChI=1S/C26H20N2O2S2/c1-31-22-10-5-11-23-24(22)27-26(32-23)28(17-21-9-6-16-30-21)25(29)20-14-12-19(13-15-20)18-7-3-2-4-8-18/h2-16H,17H2,1H3. The van der Waals surface area contributed by atoms with Gasteiger partial charge >= 0.3 is 0 Å². The molecule has 0 spiro atoms. The summed E-state index contributed by atoms with van der Waals surface area (Å²) in [5.41, 5.74) is 3.73. The third-order valence-corrected chi connectivity index (χ3v) is 7.01. The molecule has 2 heterocycles. The average Bonchev–Trinajstić information content (AvgIpc) is 3.52. The zero-order valence-electron chi connectivity index (χ0n) is 17.4. The molecule has 0 atom stereocenters. The number of thiazole rings is 1. The van der Waals surface area contributed by atoms with Gasteiger partial charge in [0.25, 0.3) is 5.91 Å². The number of hydrogen-bond donors (Lipinski definition) is 0. The number of fused-ring (bicyclic) bond motifs is 1. The van der Waals surface area contributed by atoms with E-state index in [0.29, 0.717) is 23.0 Å². The molecule has 0 aliphatic rings. The summed E-state index contributed by atoms with van der Waals surface area (Å²) in [4.78, 5) is 21.2. The molecule has 6 heteroatoms. The van der Waals surface area contributed by atoms with E-state index >= 15 is 0 Å². The Morgan fingerprint density at radius 2 is 1.72 bits per heavy atom. The van der Waals surface area contributed by atoms with Gasteiger partial charge in [0.05, 0.1) is 23.0 Å². The molecule has 4 nitrogen and oxygen atoms in total. The average molecular weight is 457 g/mol. The normalized spacial score (nSPS) is 11.0. The molecule has 0 aliphatic heterocycles. The predicted molar refractivity (Wildman–Crippen MR) is 133 cm³/mol. The second-order valence-corrected chi connectivity index (χ2v) is 9.07. The molecule has 5 aromatic rings. The molecule has 32 heavy (non-hydrogen) atoms. The molecular formula is C26H20N2O2S2. The lowest BCUT2D eigenvalue weighted by Gasteiger charge is -2.19. The minimum Gasteiger partial charge on any atom is -0.467 e. The third-order valence-electron chi connectivity index (χ3n) is 5.20. The van der Waals surface area contributed by atoms with E-state index in [1.54, 1.807) is 22.9 Å². The van der Waals surface area contributed by atoms with Crippen molar-refractivity contribution in [2.75, 3.05) is 11.2 Å². The summed E-state index contributed by atoms with van der Waals surface area (Å²) in [7, 11) is 0. The van der Waals surface area contributed by atoms with Crippen molar-refractivity contribution in [3.8, 4) is 11.1 Å². The van der Waals surface area contributed by atoms with Crippen molar-refractivity contribution in [1.82, 2.24) is 4.98 Å². The summed E-state index contributed by atoms with van der Waals surface area (Å²) in [6, 6.07) is 27.7. The second-order valence-electron chi connectivity index (χ2n) is 7.22. The van der Waals surface area contributed by atoms with Crippen molar-refractivity contribution < 1.29 is 9.21 Å².